The van der Waals surface area contributed by atoms with E-state index >= 15 is 0 Å². The number of rotatable bonds is 5. The smallest absolute Gasteiger partial charge is 0.261 e. The van der Waals surface area contributed by atoms with E-state index in [1.54, 1.807) is 0 Å². The summed E-state index contributed by atoms with van der Waals surface area (Å²) in [6, 6.07) is 15.1. The number of para-hydroxylation sites is 1. The molecule has 2 aromatic carbocycles. The van der Waals surface area contributed by atoms with Crippen molar-refractivity contribution in [2.24, 2.45) is 0 Å². The van der Waals surface area contributed by atoms with Gasteiger partial charge in [-0.05, 0) is 50.6 Å². The van der Waals surface area contributed by atoms with E-state index in [1.165, 1.54) is 0 Å². The monoisotopic (exact) mass is 341 g/mol. The molecule has 0 radical (unpaired) electrons. The second-order valence-electron chi connectivity index (χ2n) is 6.94. The van der Waals surface area contributed by atoms with Crippen LogP contribution in [0.1, 0.15) is 26.3 Å². The minimum Gasteiger partial charge on any atom is -0.484 e. The third-order valence-corrected chi connectivity index (χ3v) is 3.99. The third-order valence-electron chi connectivity index (χ3n) is 3.99. The largest absolute Gasteiger partial charge is 0.484 e. The van der Waals surface area contributed by atoms with Crippen molar-refractivity contribution in [3.63, 3.8) is 0 Å². The molecule has 1 aliphatic heterocycles. The number of ether oxygens (including phenoxy) is 3. The van der Waals surface area contributed by atoms with E-state index < -0.39 is 0 Å². The molecular weight excluding hydrogens is 318 g/mol. The Morgan fingerprint density at radius 1 is 1.08 bits per heavy atom. The molecule has 25 heavy (non-hydrogen) atoms. The molecule has 0 unspecified atom stereocenters. The van der Waals surface area contributed by atoms with Crippen LogP contribution in [0, 0.1) is 0 Å². The van der Waals surface area contributed by atoms with Crippen molar-refractivity contribution in [2.75, 3.05) is 13.4 Å². The van der Waals surface area contributed by atoms with Gasteiger partial charge >= 0.3 is 0 Å². The zero-order valence-electron chi connectivity index (χ0n) is 14.8. The molecule has 0 bridgehead atoms. The predicted octanol–water partition coefficient (Wildman–Crippen LogP) is 3.62. The maximum Gasteiger partial charge on any atom is 0.261 e. The molecule has 0 aromatic heterocycles. The molecule has 0 saturated carbocycles. The molecule has 2 aromatic rings. The summed E-state index contributed by atoms with van der Waals surface area (Å²) in [7, 11) is 0. The molecule has 0 saturated heterocycles. The lowest BCUT2D eigenvalue weighted by molar-refractivity contribution is -0.139. The lowest BCUT2D eigenvalue weighted by Crippen LogP contribution is -2.47. The molecule has 132 valence electrons. The first kappa shape index (κ1) is 17.1. The molecule has 0 fully saturated rings. The van der Waals surface area contributed by atoms with Crippen LogP contribution in [0.3, 0.4) is 0 Å². The van der Waals surface area contributed by atoms with Gasteiger partial charge in [0.1, 0.15) is 5.75 Å². The number of hydrogen-bond acceptors (Lipinski definition) is 4. The highest BCUT2D eigenvalue weighted by Gasteiger charge is 2.27. The quantitative estimate of drug-likeness (QED) is 0.833. The average Bonchev–Trinajstić information content (AvgIpc) is 3.05. The first-order valence-electron chi connectivity index (χ1n) is 8.30. The standard InChI is InChI=1S/C20H23NO4/c1-20(2,3)21(19(22)13-23-16-7-5-4-6-8-16)12-15-9-10-17-18(11-15)25-14-24-17/h4-11H,12-14H2,1-3H3. The summed E-state index contributed by atoms with van der Waals surface area (Å²) in [5.41, 5.74) is 0.667. The van der Waals surface area contributed by atoms with Gasteiger partial charge in [-0.15, -0.1) is 0 Å². The predicted molar refractivity (Wildman–Crippen MR) is 94.8 cm³/mol. The fourth-order valence-corrected chi connectivity index (χ4v) is 2.66. The van der Waals surface area contributed by atoms with Gasteiger partial charge in [0, 0.05) is 12.1 Å². The second-order valence-corrected chi connectivity index (χ2v) is 6.94. The van der Waals surface area contributed by atoms with Gasteiger partial charge in [0.05, 0.1) is 0 Å². The van der Waals surface area contributed by atoms with Gasteiger partial charge < -0.3 is 19.1 Å². The second kappa shape index (κ2) is 7.05. The lowest BCUT2D eigenvalue weighted by Gasteiger charge is -2.35. The number of hydrogen-bond donors (Lipinski definition) is 0. The summed E-state index contributed by atoms with van der Waals surface area (Å²) in [5, 5.41) is 0. The Morgan fingerprint density at radius 2 is 1.80 bits per heavy atom. The molecule has 0 N–H and O–H groups in total. The summed E-state index contributed by atoms with van der Waals surface area (Å²) in [4.78, 5) is 14.6. The Bertz CT molecular complexity index is 737. The van der Waals surface area contributed by atoms with Crippen molar-refractivity contribution in [3.05, 3.63) is 54.1 Å². The molecular formula is C20H23NO4. The first-order chi connectivity index (χ1) is 11.9. The van der Waals surface area contributed by atoms with E-state index in [4.69, 9.17) is 14.2 Å². The molecule has 1 heterocycles. The number of fused-ring (bicyclic) bond motifs is 1. The molecule has 1 amide bonds. The zero-order valence-corrected chi connectivity index (χ0v) is 14.8. The normalized spacial score (nSPS) is 12.8. The van der Waals surface area contributed by atoms with Crippen molar-refractivity contribution < 1.29 is 19.0 Å². The minimum absolute atomic E-state index is 0.00579. The highest BCUT2D eigenvalue weighted by Crippen LogP contribution is 2.33. The molecule has 5 heteroatoms. The Morgan fingerprint density at radius 3 is 2.52 bits per heavy atom. The Kier molecular flexibility index (Phi) is 4.83. The van der Waals surface area contributed by atoms with Gasteiger partial charge in [-0.1, -0.05) is 24.3 Å². The van der Waals surface area contributed by atoms with Crippen LogP contribution in [0.15, 0.2) is 48.5 Å². The van der Waals surface area contributed by atoms with Crippen LogP contribution >= 0.6 is 0 Å². The first-order valence-corrected chi connectivity index (χ1v) is 8.30. The van der Waals surface area contributed by atoms with E-state index in [1.807, 2.05) is 74.2 Å². The van der Waals surface area contributed by atoms with E-state index in [-0.39, 0.29) is 24.8 Å². The molecule has 0 spiro atoms. The van der Waals surface area contributed by atoms with E-state index in [0.717, 1.165) is 17.1 Å². The van der Waals surface area contributed by atoms with Crippen molar-refractivity contribution in [2.45, 2.75) is 32.9 Å². The number of carbonyl (C=O) groups is 1. The number of benzene rings is 2. The summed E-state index contributed by atoms with van der Waals surface area (Å²) in [6.07, 6.45) is 0. The summed E-state index contributed by atoms with van der Waals surface area (Å²) >= 11 is 0. The fourth-order valence-electron chi connectivity index (χ4n) is 2.66. The molecule has 1 aliphatic rings. The minimum atomic E-state index is -0.326. The van der Waals surface area contributed by atoms with Gasteiger partial charge in [-0.3, -0.25) is 4.79 Å². The Labute approximate surface area is 148 Å². The summed E-state index contributed by atoms with van der Waals surface area (Å²) in [6.45, 7) is 6.77. The number of carbonyl (C=O) groups excluding carboxylic acids is 1. The Hall–Kier alpha value is -2.69. The van der Waals surface area contributed by atoms with Crippen LogP contribution in [0.2, 0.25) is 0 Å². The van der Waals surface area contributed by atoms with Crippen molar-refractivity contribution in [1.29, 1.82) is 0 Å². The summed E-state index contributed by atoms with van der Waals surface area (Å²) in [5.74, 6) is 2.09. The highest BCUT2D eigenvalue weighted by molar-refractivity contribution is 5.78. The van der Waals surface area contributed by atoms with Crippen LogP contribution in [0.5, 0.6) is 17.2 Å². The van der Waals surface area contributed by atoms with Crippen LogP contribution < -0.4 is 14.2 Å². The molecule has 0 aliphatic carbocycles. The van der Waals surface area contributed by atoms with Gasteiger partial charge in [0.15, 0.2) is 18.1 Å². The van der Waals surface area contributed by atoms with Crippen LogP contribution in [0.25, 0.3) is 0 Å². The maximum atomic E-state index is 12.7. The van der Waals surface area contributed by atoms with Gasteiger partial charge in [-0.2, -0.15) is 0 Å². The van der Waals surface area contributed by atoms with Crippen LogP contribution in [-0.2, 0) is 11.3 Å². The van der Waals surface area contributed by atoms with Crippen LogP contribution in [-0.4, -0.2) is 29.7 Å². The Balaban J connectivity index is 1.70. The van der Waals surface area contributed by atoms with Gasteiger partial charge in [-0.25, -0.2) is 0 Å². The van der Waals surface area contributed by atoms with Crippen molar-refractivity contribution in [1.82, 2.24) is 4.90 Å². The SMILES string of the molecule is CC(C)(C)N(Cc1ccc2c(c1)OCO2)C(=O)COc1ccccc1. The van der Waals surface area contributed by atoms with Crippen molar-refractivity contribution in [3.8, 4) is 17.2 Å². The van der Waals surface area contributed by atoms with E-state index in [0.29, 0.717) is 12.3 Å². The molecule has 0 atom stereocenters. The zero-order chi connectivity index (χ0) is 17.9. The third kappa shape index (κ3) is 4.24. The molecule has 3 rings (SSSR count). The van der Waals surface area contributed by atoms with E-state index in [2.05, 4.69) is 0 Å². The van der Waals surface area contributed by atoms with Crippen molar-refractivity contribution >= 4 is 5.91 Å². The molecule has 5 nitrogen and oxygen atoms in total. The topological polar surface area (TPSA) is 48.0 Å². The van der Waals surface area contributed by atoms with E-state index in [9.17, 15) is 4.79 Å². The number of nitrogens with zero attached hydrogens (tertiary/aromatic N) is 1. The van der Waals surface area contributed by atoms with Gasteiger partial charge in [0.2, 0.25) is 6.79 Å². The van der Waals surface area contributed by atoms with Gasteiger partial charge in [0.25, 0.3) is 5.91 Å². The highest BCUT2D eigenvalue weighted by atomic mass is 16.7. The lowest BCUT2D eigenvalue weighted by atomic mass is 10.0. The summed E-state index contributed by atoms with van der Waals surface area (Å²) < 4.78 is 16.4. The van der Waals surface area contributed by atoms with Crippen LogP contribution in [0.4, 0.5) is 0 Å². The fraction of sp³-hybridized carbons (Fsp3) is 0.350. The number of amides is 1. The average molecular weight is 341 g/mol. The maximum absolute atomic E-state index is 12.7.